The third-order valence-corrected chi connectivity index (χ3v) is 5.61. The summed E-state index contributed by atoms with van der Waals surface area (Å²) >= 11 is 0. The minimum atomic E-state index is -0.755. The highest BCUT2D eigenvalue weighted by Gasteiger charge is 2.51. The zero-order chi connectivity index (χ0) is 14.6. The molecule has 0 saturated heterocycles. The van der Waals surface area contributed by atoms with E-state index in [9.17, 15) is 14.5 Å². The Bertz CT molecular complexity index is 567. The molecule has 0 spiro atoms. The predicted molar refractivity (Wildman–Crippen MR) is 77.6 cm³/mol. The molecular formula is C16H19FN2O2. The lowest BCUT2D eigenvalue weighted by atomic mass is 9.53. The number of anilines is 1. The fourth-order valence-electron chi connectivity index (χ4n) is 5.35. The molecule has 4 fully saturated rings. The van der Waals surface area contributed by atoms with Crippen molar-refractivity contribution in [3.05, 3.63) is 34.1 Å². The smallest absolute Gasteiger partial charge is 0.327 e. The summed E-state index contributed by atoms with van der Waals surface area (Å²) in [6.07, 6.45) is 7.16. The molecule has 0 atom stereocenters. The van der Waals surface area contributed by atoms with E-state index in [0.29, 0.717) is 5.69 Å². The van der Waals surface area contributed by atoms with E-state index in [0.717, 1.165) is 43.1 Å². The molecule has 0 amide bonds. The predicted octanol–water partition coefficient (Wildman–Crippen LogP) is 4.11. The van der Waals surface area contributed by atoms with Gasteiger partial charge in [-0.25, -0.2) is 0 Å². The van der Waals surface area contributed by atoms with Crippen LogP contribution in [0.5, 0.6) is 0 Å². The number of benzene rings is 1. The van der Waals surface area contributed by atoms with Crippen molar-refractivity contribution in [2.24, 2.45) is 17.8 Å². The summed E-state index contributed by atoms with van der Waals surface area (Å²) in [4.78, 5) is 10.5. The van der Waals surface area contributed by atoms with E-state index in [1.54, 1.807) is 12.1 Å². The Labute approximate surface area is 122 Å². The van der Waals surface area contributed by atoms with Crippen molar-refractivity contribution in [3.63, 3.8) is 0 Å². The number of halogens is 1. The summed E-state index contributed by atoms with van der Waals surface area (Å²) in [5.41, 5.74) is -0.108. The molecular weight excluding hydrogens is 271 g/mol. The second-order valence-electron chi connectivity index (χ2n) is 7.22. The lowest BCUT2D eigenvalue weighted by Crippen LogP contribution is -2.54. The third-order valence-electron chi connectivity index (χ3n) is 5.61. The maximum atomic E-state index is 13.8. The number of nitrogens with one attached hydrogen (secondary N) is 1. The number of nitro benzene ring substituents is 1. The summed E-state index contributed by atoms with van der Waals surface area (Å²) in [6.45, 7) is 0. The number of para-hydroxylation sites is 1. The van der Waals surface area contributed by atoms with E-state index >= 15 is 0 Å². The van der Waals surface area contributed by atoms with Gasteiger partial charge in [-0.2, -0.15) is 4.39 Å². The first-order valence-corrected chi connectivity index (χ1v) is 7.76. The zero-order valence-corrected chi connectivity index (χ0v) is 11.8. The molecule has 5 heteroatoms. The van der Waals surface area contributed by atoms with Crippen molar-refractivity contribution < 1.29 is 9.31 Å². The molecule has 4 aliphatic carbocycles. The molecule has 1 aromatic rings. The Balaban J connectivity index is 1.67. The highest BCUT2D eigenvalue weighted by atomic mass is 19.1. The van der Waals surface area contributed by atoms with Gasteiger partial charge in [0, 0.05) is 5.54 Å². The summed E-state index contributed by atoms with van der Waals surface area (Å²) in [7, 11) is 0. The fourth-order valence-corrected chi connectivity index (χ4v) is 5.35. The van der Waals surface area contributed by atoms with Crippen molar-refractivity contribution in [1.29, 1.82) is 0 Å². The quantitative estimate of drug-likeness (QED) is 0.673. The van der Waals surface area contributed by atoms with Gasteiger partial charge in [-0.3, -0.25) is 10.1 Å². The molecule has 0 heterocycles. The van der Waals surface area contributed by atoms with Gasteiger partial charge in [0.1, 0.15) is 5.69 Å². The van der Waals surface area contributed by atoms with Gasteiger partial charge in [-0.05, 0) is 68.4 Å². The SMILES string of the molecule is O=[N+]([O-])c1c(F)cccc1NC12CC3CC(CC(C3)C1)C2. The highest BCUT2D eigenvalue weighted by molar-refractivity contribution is 5.63. The van der Waals surface area contributed by atoms with Crippen LogP contribution < -0.4 is 5.32 Å². The van der Waals surface area contributed by atoms with Gasteiger partial charge in [-0.15, -0.1) is 0 Å². The van der Waals surface area contributed by atoms with Crippen LogP contribution >= 0.6 is 0 Å². The molecule has 0 unspecified atom stereocenters. The lowest BCUT2D eigenvalue weighted by molar-refractivity contribution is -0.386. The average Bonchev–Trinajstić information content (AvgIpc) is 2.35. The van der Waals surface area contributed by atoms with Crippen LogP contribution in [0.2, 0.25) is 0 Å². The van der Waals surface area contributed by atoms with E-state index in [4.69, 9.17) is 0 Å². The van der Waals surface area contributed by atoms with Crippen molar-refractivity contribution in [2.45, 2.75) is 44.1 Å². The van der Waals surface area contributed by atoms with Crippen LogP contribution in [0.1, 0.15) is 38.5 Å². The summed E-state index contributed by atoms with van der Waals surface area (Å²) in [6, 6.07) is 4.34. The maximum absolute atomic E-state index is 13.8. The molecule has 21 heavy (non-hydrogen) atoms. The van der Waals surface area contributed by atoms with Crippen molar-refractivity contribution in [1.82, 2.24) is 0 Å². The number of nitro groups is 1. The van der Waals surface area contributed by atoms with Crippen molar-refractivity contribution in [3.8, 4) is 0 Å². The van der Waals surface area contributed by atoms with E-state index in [1.165, 1.54) is 19.3 Å². The average molecular weight is 290 g/mol. The molecule has 0 aliphatic heterocycles. The number of nitrogens with zero attached hydrogens (tertiary/aromatic N) is 1. The monoisotopic (exact) mass is 290 g/mol. The summed E-state index contributed by atoms with van der Waals surface area (Å²) in [5, 5.41) is 14.5. The van der Waals surface area contributed by atoms with Gasteiger partial charge in [-0.1, -0.05) is 6.07 Å². The third kappa shape index (κ3) is 2.10. The second kappa shape index (κ2) is 4.42. The molecule has 112 valence electrons. The van der Waals surface area contributed by atoms with Gasteiger partial charge < -0.3 is 5.32 Å². The first-order chi connectivity index (χ1) is 10.0. The molecule has 4 saturated carbocycles. The number of hydrogen-bond acceptors (Lipinski definition) is 3. The standard InChI is InChI=1S/C16H19FN2O2/c17-13-2-1-3-14(15(13)19(20)21)18-16-7-10-4-11(8-16)6-12(5-10)9-16/h1-3,10-12,18H,4-9H2. The molecule has 1 N–H and O–H groups in total. The summed E-state index contributed by atoms with van der Waals surface area (Å²) < 4.78 is 13.8. The van der Waals surface area contributed by atoms with Crippen LogP contribution in [-0.4, -0.2) is 10.5 Å². The van der Waals surface area contributed by atoms with Crippen molar-refractivity contribution in [2.75, 3.05) is 5.32 Å². The van der Waals surface area contributed by atoms with Crippen LogP contribution in [0.3, 0.4) is 0 Å². The van der Waals surface area contributed by atoms with Gasteiger partial charge >= 0.3 is 5.69 Å². The minimum absolute atomic E-state index is 0.0483. The van der Waals surface area contributed by atoms with Crippen LogP contribution in [0.15, 0.2) is 18.2 Å². The summed E-state index contributed by atoms with van der Waals surface area (Å²) in [5.74, 6) is 1.49. The maximum Gasteiger partial charge on any atom is 0.327 e. The zero-order valence-electron chi connectivity index (χ0n) is 11.8. The van der Waals surface area contributed by atoms with E-state index in [2.05, 4.69) is 5.32 Å². The minimum Gasteiger partial charge on any atom is -0.374 e. The molecule has 4 bridgehead atoms. The lowest BCUT2D eigenvalue weighted by Gasteiger charge is -2.57. The topological polar surface area (TPSA) is 55.2 Å². The fraction of sp³-hybridized carbons (Fsp3) is 0.625. The van der Waals surface area contributed by atoms with E-state index < -0.39 is 16.4 Å². The van der Waals surface area contributed by atoms with Crippen LogP contribution in [0.25, 0.3) is 0 Å². The van der Waals surface area contributed by atoms with E-state index in [-0.39, 0.29) is 5.54 Å². The Morgan fingerprint density at radius 3 is 2.24 bits per heavy atom. The largest absolute Gasteiger partial charge is 0.374 e. The first kappa shape index (κ1) is 13.0. The Morgan fingerprint density at radius 1 is 1.14 bits per heavy atom. The van der Waals surface area contributed by atoms with Gasteiger partial charge in [0.05, 0.1) is 4.92 Å². The number of rotatable bonds is 3. The molecule has 0 radical (unpaired) electrons. The molecule has 4 nitrogen and oxygen atoms in total. The molecule has 1 aromatic carbocycles. The van der Waals surface area contributed by atoms with E-state index in [1.807, 2.05) is 0 Å². The molecule has 5 rings (SSSR count). The van der Waals surface area contributed by atoms with Gasteiger partial charge in [0.2, 0.25) is 5.82 Å². The molecule has 4 aliphatic rings. The van der Waals surface area contributed by atoms with Gasteiger partial charge in [0.25, 0.3) is 0 Å². The van der Waals surface area contributed by atoms with Gasteiger partial charge in [0.15, 0.2) is 0 Å². The Hall–Kier alpha value is -1.65. The Morgan fingerprint density at radius 2 is 1.71 bits per heavy atom. The van der Waals surface area contributed by atoms with Crippen LogP contribution in [0, 0.1) is 33.7 Å². The highest BCUT2D eigenvalue weighted by Crippen LogP contribution is 2.57. The van der Waals surface area contributed by atoms with Crippen molar-refractivity contribution >= 4 is 11.4 Å². The first-order valence-electron chi connectivity index (χ1n) is 7.76. The normalized spacial score (nSPS) is 36.7. The van der Waals surface area contributed by atoms with Crippen LogP contribution in [0.4, 0.5) is 15.8 Å². The Kier molecular flexibility index (Phi) is 2.75. The molecule has 0 aromatic heterocycles. The van der Waals surface area contributed by atoms with Crippen LogP contribution in [-0.2, 0) is 0 Å². The number of hydrogen-bond donors (Lipinski definition) is 1. The second-order valence-corrected chi connectivity index (χ2v) is 7.22.